The molecular formula is C15H12BrCl2N3. The molecule has 0 aliphatic carbocycles. The van der Waals surface area contributed by atoms with Gasteiger partial charge in [0, 0.05) is 23.0 Å². The highest BCUT2D eigenvalue weighted by molar-refractivity contribution is 9.10. The van der Waals surface area contributed by atoms with Gasteiger partial charge in [-0.15, -0.1) is 11.6 Å². The van der Waals surface area contributed by atoms with E-state index in [9.17, 15) is 0 Å². The first-order chi connectivity index (χ1) is 10.1. The van der Waals surface area contributed by atoms with E-state index >= 15 is 0 Å². The fourth-order valence-corrected chi connectivity index (χ4v) is 2.91. The summed E-state index contributed by atoms with van der Waals surface area (Å²) in [4.78, 5) is 9.18. The summed E-state index contributed by atoms with van der Waals surface area (Å²) < 4.78 is 2.87. The van der Waals surface area contributed by atoms with Crippen LogP contribution in [0.2, 0.25) is 5.02 Å². The van der Waals surface area contributed by atoms with Crippen LogP contribution in [0.25, 0.3) is 16.9 Å². The highest BCUT2D eigenvalue weighted by atomic mass is 79.9. The number of halogens is 3. The zero-order chi connectivity index (χ0) is 15.0. The summed E-state index contributed by atoms with van der Waals surface area (Å²) in [5, 5.41) is 0.672. The van der Waals surface area contributed by atoms with Gasteiger partial charge in [-0.05, 0) is 52.7 Å². The van der Waals surface area contributed by atoms with Crippen LogP contribution < -0.4 is 0 Å². The maximum atomic E-state index is 6.07. The number of alkyl halides is 1. The van der Waals surface area contributed by atoms with Crippen molar-refractivity contribution in [3.8, 4) is 5.69 Å². The van der Waals surface area contributed by atoms with Crippen molar-refractivity contribution in [1.82, 2.24) is 14.5 Å². The molecule has 6 heteroatoms. The zero-order valence-electron chi connectivity index (χ0n) is 11.3. The van der Waals surface area contributed by atoms with Crippen molar-refractivity contribution in [2.45, 2.75) is 13.3 Å². The molecule has 1 aromatic carbocycles. The third-order valence-electron chi connectivity index (χ3n) is 3.18. The molecular weight excluding hydrogens is 373 g/mol. The van der Waals surface area contributed by atoms with Gasteiger partial charge in [-0.3, -0.25) is 4.57 Å². The monoisotopic (exact) mass is 383 g/mol. The van der Waals surface area contributed by atoms with Gasteiger partial charge in [0.25, 0.3) is 0 Å². The highest BCUT2D eigenvalue weighted by Gasteiger charge is 2.14. The molecule has 0 atom stereocenters. The zero-order valence-corrected chi connectivity index (χ0v) is 14.4. The van der Waals surface area contributed by atoms with Gasteiger partial charge in [0.05, 0.1) is 10.7 Å². The van der Waals surface area contributed by atoms with Crippen molar-refractivity contribution in [3.05, 3.63) is 51.3 Å². The minimum atomic E-state index is 0.511. The minimum Gasteiger partial charge on any atom is -0.281 e. The number of hydrogen-bond acceptors (Lipinski definition) is 2. The molecule has 0 amide bonds. The first-order valence-corrected chi connectivity index (χ1v) is 8.16. The SMILES string of the molecule is Cc1cnc2c(c1)nc(CCCl)n2-c1ccc(Cl)c(Br)c1. The molecule has 2 heterocycles. The second kappa shape index (κ2) is 5.95. The van der Waals surface area contributed by atoms with Crippen LogP contribution in [0.4, 0.5) is 0 Å². The number of benzene rings is 1. The summed E-state index contributed by atoms with van der Waals surface area (Å²) in [6.45, 7) is 2.01. The number of aromatic nitrogens is 3. The Morgan fingerprint density at radius 1 is 1.29 bits per heavy atom. The summed E-state index contributed by atoms with van der Waals surface area (Å²) in [6, 6.07) is 7.79. The normalized spacial score (nSPS) is 11.2. The van der Waals surface area contributed by atoms with Crippen molar-refractivity contribution in [1.29, 1.82) is 0 Å². The molecule has 0 fully saturated rings. The van der Waals surface area contributed by atoms with Gasteiger partial charge in [-0.25, -0.2) is 9.97 Å². The third-order valence-corrected chi connectivity index (χ3v) is 4.59. The van der Waals surface area contributed by atoms with Crippen molar-refractivity contribution < 1.29 is 0 Å². The van der Waals surface area contributed by atoms with E-state index in [2.05, 4.69) is 25.9 Å². The Labute approximate surface area is 141 Å². The fourth-order valence-electron chi connectivity index (χ4n) is 2.26. The molecule has 21 heavy (non-hydrogen) atoms. The van der Waals surface area contributed by atoms with Gasteiger partial charge in [-0.2, -0.15) is 0 Å². The van der Waals surface area contributed by atoms with E-state index < -0.39 is 0 Å². The van der Waals surface area contributed by atoms with E-state index in [1.54, 1.807) is 0 Å². The second-order valence-corrected chi connectivity index (χ2v) is 6.40. The standard InChI is InChI=1S/C15H12BrCl2N3/c1-9-6-13-15(19-8-9)21(14(20-13)4-5-17)10-2-3-12(18)11(16)7-10/h2-3,6-8H,4-5H2,1H3. The molecule has 0 aliphatic rings. The molecule has 0 saturated carbocycles. The Balaban J connectivity index is 2.27. The number of aryl methyl sites for hydroxylation is 2. The van der Waals surface area contributed by atoms with Crippen LogP contribution in [0.1, 0.15) is 11.4 Å². The smallest absolute Gasteiger partial charge is 0.164 e. The van der Waals surface area contributed by atoms with Gasteiger partial charge in [0.2, 0.25) is 0 Å². The number of rotatable bonds is 3. The van der Waals surface area contributed by atoms with Crippen LogP contribution in [0.15, 0.2) is 34.9 Å². The molecule has 3 nitrogen and oxygen atoms in total. The first-order valence-electron chi connectivity index (χ1n) is 6.45. The Bertz CT molecular complexity index is 814. The summed E-state index contributed by atoms with van der Waals surface area (Å²) in [7, 11) is 0. The van der Waals surface area contributed by atoms with E-state index in [1.807, 2.05) is 42.0 Å². The van der Waals surface area contributed by atoms with Gasteiger partial charge in [0.1, 0.15) is 11.3 Å². The van der Waals surface area contributed by atoms with E-state index in [1.165, 1.54) is 0 Å². The summed E-state index contributed by atoms with van der Waals surface area (Å²) in [5.41, 5.74) is 3.75. The van der Waals surface area contributed by atoms with Crippen LogP contribution in [0.5, 0.6) is 0 Å². The molecule has 0 bridgehead atoms. The summed E-state index contributed by atoms with van der Waals surface area (Å²) in [5.74, 6) is 1.41. The molecule has 0 saturated heterocycles. The Morgan fingerprint density at radius 3 is 2.81 bits per heavy atom. The average molecular weight is 385 g/mol. The molecule has 3 rings (SSSR count). The molecule has 108 valence electrons. The largest absolute Gasteiger partial charge is 0.281 e. The van der Waals surface area contributed by atoms with Crippen molar-refractivity contribution in [3.63, 3.8) is 0 Å². The number of pyridine rings is 1. The molecule has 0 spiro atoms. The van der Waals surface area contributed by atoms with E-state index in [-0.39, 0.29) is 0 Å². The maximum absolute atomic E-state index is 6.07. The van der Waals surface area contributed by atoms with Crippen molar-refractivity contribution in [2.75, 3.05) is 5.88 Å². The Morgan fingerprint density at radius 2 is 2.10 bits per heavy atom. The van der Waals surface area contributed by atoms with Gasteiger partial charge in [0.15, 0.2) is 5.65 Å². The summed E-state index contributed by atoms with van der Waals surface area (Å²) in [6.07, 6.45) is 2.52. The van der Waals surface area contributed by atoms with Crippen LogP contribution in [-0.2, 0) is 6.42 Å². The van der Waals surface area contributed by atoms with Gasteiger partial charge >= 0.3 is 0 Å². The number of imidazole rings is 1. The fraction of sp³-hybridized carbons (Fsp3) is 0.200. The van der Waals surface area contributed by atoms with Crippen LogP contribution in [-0.4, -0.2) is 20.4 Å². The number of fused-ring (bicyclic) bond motifs is 1. The lowest BCUT2D eigenvalue weighted by atomic mass is 10.3. The minimum absolute atomic E-state index is 0.511. The lowest BCUT2D eigenvalue weighted by molar-refractivity contribution is 0.905. The third kappa shape index (κ3) is 2.80. The van der Waals surface area contributed by atoms with Crippen LogP contribution in [0, 0.1) is 6.92 Å². The predicted octanol–water partition coefficient (Wildman–Crippen LogP) is 4.93. The topological polar surface area (TPSA) is 30.7 Å². The predicted molar refractivity (Wildman–Crippen MR) is 90.7 cm³/mol. The summed E-state index contributed by atoms with van der Waals surface area (Å²) >= 11 is 15.4. The lowest BCUT2D eigenvalue weighted by Crippen LogP contribution is -2.03. The van der Waals surface area contributed by atoms with Crippen LogP contribution >= 0.6 is 39.1 Å². The maximum Gasteiger partial charge on any atom is 0.164 e. The Kier molecular flexibility index (Phi) is 4.20. The Hall–Kier alpha value is -1.10. The number of nitrogens with zero attached hydrogens (tertiary/aromatic N) is 3. The quantitative estimate of drug-likeness (QED) is 0.599. The van der Waals surface area contributed by atoms with Crippen LogP contribution in [0.3, 0.4) is 0 Å². The molecule has 2 aromatic heterocycles. The number of hydrogen-bond donors (Lipinski definition) is 0. The van der Waals surface area contributed by atoms with Crippen molar-refractivity contribution in [2.24, 2.45) is 0 Å². The van der Waals surface area contributed by atoms with Gasteiger partial charge < -0.3 is 0 Å². The molecule has 0 aliphatic heterocycles. The first kappa shape index (κ1) is 14.8. The van der Waals surface area contributed by atoms with Gasteiger partial charge in [-0.1, -0.05) is 11.6 Å². The van der Waals surface area contributed by atoms with E-state index in [4.69, 9.17) is 23.2 Å². The second-order valence-electron chi connectivity index (χ2n) is 4.76. The van der Waals surface area contributed by atoms with E-state index in [0.29, 0.717) is 17.3 Å². The van der Waals surface area contributed by atoms with Crippen molar-refractivity contribution >= 4 is 50.3 Å². The lowest BCUT2D eigenvalue weighted by Gasteiger charge is -2.09. The highest BCUT2D eigenvalue weighted by Crippen LogP contribution is 2.28. The average Bonchev–Trinajstić information content (AvgIpc) is 2.79. The molecule has 0 N–H and O–H groups in total. The van der Waals surface area contributed by atoms with E-state index in [0.717, 1.165) is 32.7 Å². The molecule has 0 unspecified atom stereocenters. The molecule has 3 aromatic rings. The molecule has 0 radical (unpaired) electrons.